The van der Waals surface area contributed by atoms with E-state index in [0.29, 0.717) is 27.5 Å². The van der Waals surface area contributed by atoms with E-state index in [2.05, 4.69) is 26.6 Å². The normalized spacial score (nSPS) is 10.4. The number of carbonyl (C=O) groups excluding carboxylic acids is 2. The number of hydrogen-bond donors (Lipinski definition) is 2. The molecule has 0 unspecified atom stereocenters. The molecule has 3 aromatic rings. The van der Waals surface area contributed by atoms with Gasteiger partial charge in [-0.05, 0) is 57.9 Å². The summed E-state index contributed by atoms with van der Waals surface area (Å²) in [6.07, 6.45) is 0. The van der Waals surface area contributed by atoms with Gasteiger partial charge >= 0.3 is 0 Å². The van der Waals surface area contributed by atoms with E-state index in [1.807, 2.05) is 18.2 Å². The van der Waals surface area contributed by atoms with Gasteiger partial charge < -0.3 is 15.1 Å². The van der Waals surface area contributed by atoms with Crippen LogP contribution in [0.15, 0.2) is 69.8 Å². The van der Waals surface area contributed by atoms with Crippen LogP contribution >= 0.6 is 27.5 Å². The van der Waals surface area contributed by atoms with Gasteiger partial charge in [0.1, 0.15) is 0 Å². The van der Waals surface area contributed by atoms with E-state index in [0.717, 1.165) is 5.56 Å². The first-order valence-corrected chi connectivity index (χ1v) is 8.88. The van der Waals surface area contributed by atoms with Crippen molar-refractivity contribution in [3.05, 3.63) is 87.2 Å². The Bertz CT molecular complexity index is 955. The van der Waals surface area contributed by atoms with E-state index in [9.17, 15) is 9.59 Å². The number of rotatable bonds is 5. The number of hydrogen-bond acceptors (Lipinski definition) is 3. The zero-order valence-electron chi connectivity index (χ0n) is 13.5. The zero-order valence-corrected chi connectivity index (χ0v) is 15.8. The summed E-state index contributed by atoms with van der Waals surface area (Å²) in [6.45, 7) is 0.315. The molecule has 0 fully saturated rings. The van der Waals surface area contributed by atoms with Crippen molar-refractivity contribution in [1.82, 2.24) is 5.32 Å². The molecule has 7 heteroatoms. The molecule has 0 spiro atoms. The Morgan fingerprint density at radius 2 is 1.81 bits per heavy atom. The van der Waals surface area contributed by atoms with Crippen LogP contribution in [0.4, 0.5) is 5.69 Å². The third kappa shape index (κ3) is 4.53. The molecule has 5 nitrogen and oxygen atoms in total. The first-order valence-electron chi connectivity index (χ1n) is 7.71. The minimum atomic E-state index is -0.399. The third-order valence-electron chi connectivity index (χ3n) is 3.58. The maximum Gasteiger partial charge on any atom is 0.291 e. The second kappa shape index (κ2) is 8.21. The highest BCUT2D eigenvalue weighted by Crippen LogP contribution is 2.18. The van der Waals surface area contributed by atoms with E-state index in [-0.39, 0.29) is 11.7 Å². The Labute approximate surface area is 163 Å². The molecule has 0 radical (unpaired) electrons. The molecule has 132 valence electrons. The number of amides is 2. The summed E-state index contributed by atoms with van der Waals surface area (Å²) in [5.41, 5.74) is 1.75. The molecule has 0 aliphatic carbocycles. The van der Waals surface area contributed by atoms with Crippen molar-refractivity contribution in [1.29, 1.82) is 0 Å². The van der Waals surface area contributed by atoms with Crippen molar-refractivity contribution in [2.75, 3.05) is 5.32 Å². The van der Waals surface area contributed by atoms with E-state index in [1.54, 1.807) is 42.5 Å². The van der Waals surface area contributed by atoms with E-state index < -0.39 is 5.91 Å². The molecule has 2 amide bonds. The lowest BCUT2D eigenvalue weighted by Gasteiger charge is -2.09. The van der Waals surface area contributed by atoms with Crippen LogP contribution in [0.3, 0.4) is 0 Å². The van der Waals surface area contributed by atoms with Crippen LogP contribution < -0.4 is 10.6 Å². The SMILES string of the molecule is O=C(NCc1ccccc1Cl)c1cccc(NC(=O)c2ccc(Br)o2)c1. The highest BCUT2D eigenvalue weighted by molar-refractivity contribution is 9.10. The highest BCUT2D eigenvalue weighted by Gasteiger charge is 2.12. The Balaban J connectivity index is 1.65. The maximum absolute atomic E-state index is 12.3. The van der Waals surface area contributed by atoms with Gasteiger partial charge in [0.05, 0.1) is 0 Å². The third-order valence-corrected chi connectivity index (χ3v) is 4.37. The average Bonchev–Trinajstić information content (AvgIpc) is 3.07. The predicted molar refractivity (Wildman–Crippen MR) is 103 cm³/mol. The maximum atomic E-state index is 12.3. The van der Waals surface area contributed by atoms with Crippen molar-refractivity contribution >= 4 is 45.0 Å². The summed E-state index contributed by atoms with van der Waals surface area (Å²) >= 11 is 9.23. The molecule has 1 heterocycles. The molecule has 0 saturated carbocycles. The van der Waals surface area contributed by atoms with Crippen LogP contribution in [0.2, 0.25) is 5.02 Å². The van der Waals surface area contributed by atoms with E-state index in [1.165, 1.54) is 0 Å². The van der Waals surface area contributed by atoms with Gasteiger partial charge in [-0.2, -0.15) is 0 Å². The molecule has 0 atom stereocenters. The highest BCUT2D eigenvalue weighted by atomic mass is 79.9. The number of carbonyl (C=O) groups is 2. The van der Waals surface area contributed by atoms with Gasteiger partial charge in [0.2, 0.25) is 0 Å². The van der Waals surface area contributed by atoms with Gasteiger partial charge in [-0.1, -0.05) is 35.9 Å². The van der Waals surface area contributed by atoms with Crippen LogP contribution in [0.25, 0.3) is 0 Å². The topological polar surface area (TPSA) is 71.3 Å². The molecular weight excluding hydrogens is 420 g/mol. The molecule has 26 heavy (non-hydrogen) atoms. The Morgan fingerprint density at radius 1 is 1.00 bits per heavy atom. The number of halogens is 2. The lowest BCUT2D eigenvalue weighted by molar-refractivity contribution is 0.0949. The van der Waals surface area contributed by atoms with Crippen molar-refractivity contribution < 1.29 is 14.0 Å². The summed E-state index contributed by atoms with van der Waals surface area (Å²) in [6, 6.07) is 17.1. The summed E-state index contributed by atoms with van der Waals surface area (Å²) in [5.74, 6) is -0.489. The lowest BCUT2D eigenvalue weighted by atomic mass is 10.1. The van der Waals surface area contributed by atoms with Crippen molar-refractivity contribution in [3.8, 4) is 0 Å². The lowest BCUT2D eigenvalue weighted by Crippen LogP contribution is -2.23. The molecule has 1 aromatic heterocycles. The predicted octanol–water partition coefficient (Wildman–Crippen LogP) is 4.88. The quantitative estimate of drug-likeness (QED) is 0.602. The number of benzene rings is 2. The van der Waals surface area contributed by atoms with Crippen molar-refractivity contribution in [2.45, 2.75) is 6.54 Å². The van der Waals surface area contributed by atoms with E-state index >= 15 is 0 Å². The summed E-state index contributed by atoms with van der Waals surface area (Å²) in [5, 5.41) is 6.10. The minimum Gasteiger partial charge on any atom is -0.444 e. The fourth-order valence-corrected chi connectivity index (χ4v) is 2.80. The standard InChI is InChI=1S/C19H14BrClN2O3/c20-17-9-8-16(26-17)19(25)23-14-6-3-5-12(10-14)18(24)22-11-13-4-1-2-7-15(13)21/h1-10H,11H2,(H,22,24)(H,23,25). The molecular formula is C19H14BrClN2O3. The van der Waals surface area contributed by atoms with Gasteiger partial charge in [0, 0.05) is 22.8 Å². The smallest absolute Gasteiger partial charge is 0.291 e. The molecule has 0 bridgehead atoms. The second-order valence-corrected chi connectivity index (χ2v) is 6.60. The summed E-state index contributed by atoms with van der Waals surface area (Å²) < 4.78 is 5.67. The van der Waals surface area contributed by atoms with E-state index in [4.69, 9.17) is 16.0 Å². The largest absolute Gasteiger partial charge is 0.444 e. The second-order valence-electron chi connectivity index (χ2n) is 5.41. The van der Waals surface area contributed by atoms with Gasteiger partial charge in [0.15, 0.2) is 10.4 Å². The summed E-state index contributed by atoms with van der Waals surface area (Å²) in [4.78, 5) is 24.5. The monoisotopic (exact) mass is 432 g/mol. The molecule has 2 N–H and O–H groups in total. The van der Waals surface area contributed by atoms with Gasteiger partial charge in [-0.25, -0.2) is 0 Å². The van der Waals surface area contributed by atoms with Crippen LogP contribution in [-0.2, 0) is 6.54 Å². The van der Waals surface area contributed by atoms with Crippen LogP contribution in [0, 0.1) is 0 Å². The first-order chi connectivity index (χ1) is 12.5. The number of anilines is 1. The fourth-order valence-electron chi connectivity index (χ4n) is 2.29. The fraction of sp³-hybridized carbons (Fsp3) is 0.0526. The van der Waals surface area contributed by atoms with Gasteiger partial charge in [0.25, 0.3) is 11.8 Å². The van der Waals surface area contributed by atoms with Crippen LogP contribution in [0.1, 0.15) is 26.5 Å². The number of nitrogens with one attached hydrogen (secondary N) is 2. The molecule has 0 saturated heterocycles. The number of furan rings is 1. The Morgan fingerprint density at radius 3 is 2.54 bits per heavy atom. The van der Waals surface area contributed by atoms with Crippen molar-refractivity contribution in [2.24, 2.45) is 0 Å². The zero-order chi connectivity index (χ0) is 18.5. The van der Waals surface area contributed by atoms with Crippen molar-refractivity contribution in [3.63, 3.8) is 0 Å². The van der Waals surface area contributed by atoms with Crippen LogP contribution in [-0.4, -0.2) is 11.8 Å². The first kappa shape index (κ1) is 18.2. The van der Waals surface area contributed by atoms with Crippen LogP contribution in [0.5, 0.6) is 0 Å². The Kier molecular flexibility index (Phi) is 5.75. The molecule has 0 aliphatic rings. The molecule has 0 aliphatic heterocycles. The Hall–Kier alpha value is -2.57. The van der Waals surface area contributed by atoms with Gasteiger partial charge in [-0.3, -0.25) is 9.59 Å². The average molecular weight is 434 g/mol. The summed E-state index contributed by atoms with van der Waals surface area (Å²) in [7, 11) is 0. The van der Waals surface area contributed by atoms with Gasteiger partial charge in [-0.15, -0.1) is 0 Å². The molecule has 3 rings (SSSR count). The molecule has 2 aromatic carbocycles. The minimum absolute atomic E-state index is 0.172.